The Kier molecular flexibility index (Phi) is 8.01. The Morgan fingerprint density at radius 2 is 2.07 bits per heavy atom. The van der Waals surface area contributed by atoms with Gasteiger partial charge in [-0.25, -0.2) is 0 Å². The van der Waals surface area contributed by atoms with E-state index in [1.165, 1.54) is 12.8 Å². The van der Waals surface area contributed by atoms with Crippen molar-refractivity contribution >= 4 is 5.97 Å². The molecular weight excluding hydrogens is 190 g/mol. The number of allylic oxidation sites excluding steroid dienone is 1. The van der Waals surface area contributed by atoms with Gasteiger partial charge in [-0.1, -0.05) is 18.9 Å². The summed E-state index contributed by atoms with van der Waals surface area (Å²) < 4.78 is 0. The molecule has 0 radical (unpaired) electrons. The van der Waals surface area contributed by atoms with E-state index in [1.54, 1.807) is 6.92 Å². The molecule has 2 atom stereocenters. The molecule has 0 aromatic rings. The Hall–Kier alpha value is -0.830. The Bertz CT molecular complexity index is 192. The molecule has 0 spiro atoms. The first-order valence-corrected chi connectivity index (χ1v) is 5.67. The van der Waals surface area contributed by atoms with Crippen LogP contribution in [-0.2, 0) is 4.79 Å². The minimum Gasteiger partial charge on any atom is -0.480 e. The van der Waals surface area contributed by atoms with E-state index in [9.17, 15) is 4.79 Å². The van der Waals surface area contributed by atoms with E-state index in [-0.39, 0.29) is 6.04 Å². The van der Waals surface area contributed by atoms with E-state index in [0.29, 0.717) is 0 Å². The summed E-state index contributed by atoms with van der Waals surface area (Å²) in [6.07, 6.45) is 7.58. The fourth-order valence-corrected chi connectivity index (χ4v) is 1.50. The molecular formula is C12H23NO2. The van der Waals surface area contributed by atoms with Crippen LogP contribution in [0.2, 0.25) is 0 Å². The third kappa shape index (κ3) is 8.18. The van der Waals surface area contributed by atoms with Crippen molar-refractivity contribution in [3.8, 4) is 0 Å². The Morgan fingerprint density at radius 3 is 2.60 bits per heavy atom. The lowest BCUT2D eigenvalue weighted by atomic mass is 10.1. The van der Waals surface area contributed by atoms with Crippen LogP contribution in [0.4, 0.5) is 0 Å². The standard InChI is InChI=1S/C12H23NO2/c1-4-5-6-7-8-9-10(2)13-11(3)12(14)15/h4,10-11,13H,1,5-9H2,2-3H3,(H,14,15)/t10?,11-/m0/s1. The van der Waals surface area contributed by atoms with Crippen LogP contribution >= 0.6 is 0 Å². The highest BCUT2D eigenvalue weighted by Gasteiger charge is 2.12. The Balaban J connectivity index is 3.44. The van der Waals surface area contributed by atoms with Crippen LogP contribution < -0.4 is 5.32 Å². The van der Waals surface area contributed by atoms with Gasteiger partial charge >= 0.3 is 5.97 Å². The quantitative estimate of drug-likeness (QED) is 0.457. The van der Waals surface area contributed by atoms with E-state index in [1.807, 2.05) is 13.0 Å². The van der Waals surface area contributed by atoms with Crippen molar-refractivity contribution in [3.63, 3.8) is 0 Å². The van der Waals surface area contributed by atoms with E-state index < -0.39 is 12.0 Å². The van der Waals surface area contributed by atoms with Gasteiger partial charge < -0.3 is 10.4 Å². The van der Waals surface area contributed by atoms with E-state index >= 15 is 0 Å². The summed E-state index contributed by atoms with van der Waals surface area (Å²) >= 11 is 0. The first-order chi connectivity index (χ1) is 7.07. The van der Waals surface area contributed by atoms with Crippen LogP contribution in [0.3, 0.4) is 0 Å². The lowest BCUT2D eigenvalue weighted by molar-refractivity contribution is -0.139. The van der Waals surface area contributed by atoms with Crippen LogP contribution in [0.5, 0.6) is 0 Å². The number of aliphatic carboxylic acids is 1. The molecule has 2 N–H and O–H groups in total. The number of rotatable bonds is 9. The number of carbonyl (C=O) groups is 1. The highest BCUT2D eigenvalue weighted by molar-refractivity contribution is 5.72. The lowest BCUT2D eigenvalue weighted by Crippen LogP contribution is -2.39. The largest absolute Gasteiger partial charge is 0.480 e. The van der Waals surface area contributed by atoms with Crippen molar-refractivity contribution in [3.05, 3.63) is 12.7 Å². The van der Waals surface area contributed by atoms with Crippen molar-refractivity contribution in [1.29, 1.82) is 0 Å². The maximum absolute atomic E-state index is 10.6. The molecule has 0 bridgehead atoms. The molecule has 0 amide bonds. The molecule has 0 aliphatic heterocycles. The van der Waals surface area contributed by atoms with Gasteiger partial charge in [0.2, 0.25) is 0 Å². The fraction of sp³-hybridized carbons (Fsp3) is 0.750. The average Bonchev–Trinajstić information content (AvgIpc) is 2.17. The molecule has 0 saturated heterocycles. The minimum atomic E-state index is -0.784. The molecule has 0 fully saturated rings. The zero-order valence-corrected chi connectivity index (χ0v) is 9.83. The topological polar surface area (TPSA) is 49.3 Å². The molecule has 3 heteroatoms. The highest BCUT2D eigenvalue weighted by atomic mass is 16.4. The second kappa shape index (κ2) is 8.48. The zero-order chi connectivity index (χ0) is 11.7. The van der Waals surface area contributed by atoms with Crippen molar-refractivity contribution in [1.82, 2.24) is 5.32 Å². The van der Waals surface area contributed by atoms with Gasteiger partial charge in [0.05, 0.1) is 0 Å². The van der Waals surface area contributed by atoms with E-state index in [2.05, 4.69) is 11.9 Å². The molecule has 0 rings (SSSR count). The smallest absolute Gasteiger partial charge is 0.320 e. The van der Waals surface area contributed by atoms with Gasteiger partial charge in [0, 0.05) is 6.04 Å². The van der Waals surface area contributed by atoms with Gasteiger partial charge in [-0.3, -0.25) is 4.79 Å². The second-order valence-corrected chi connectivity index (χ2v) is 4.05. The molecule has 0 heterocycles. The van der Waals surface area contributed by atoms with Crippen LogP contribution in [-0.4, -0.2) is 23.2 Å². The number of carboxylic acids is 1. The van der Waals surface area contributed by atoms with Crippen molar-refractivity contribution in [2.75, 3.05) is 0 Å². The maximum Gasteiger partial charge on any atom is 0.320 e. The van der Waals surface area contributed by atoms with Crippen molar-refractivity contribution in [2.24, 2.45) is 0 Å². The molecule has 0 aromatic carbocycles. The average molecular weight is 213 g/mol. The molecule has 0 aliphatic carbocycles. The second-order valence-electron chi connectivity index (χ2n) is 4.05. The Morgan fingerprint density at radius 1 is 1.40 bits per heavy atom. The number of hydrogen-bond donors (Lipinski definition) is 2. The van der Waals surface area contributed by atoms with Crippen LogP contribution in [0, 0.1) is 0 Å². The summed E-state index contributed by atoms with van der Waals surface area (Å²) in [4.78, 5) is 10.6. The molecule has 3 nitrogen and oxygen atoms in total. The van der Waals surface area contributed by atoms with Crippen molar-refractivity contribution < 1.29 is 9.90 Å². The van der Waals surface area contributed by atoms with Gasteiger partial charge in [-0.15, -0.1) is 6.58 Å². The summed E-state index contributed by atoms with van der Waals surface area (Å²) in [5, 5.41) is 11.7. The van der Waals surface area contributed by atoms with E-state index in [4.69, 9.17) is 5.11 Å². The lowest BCUT2D eigenvalue weighted by Gasteiger charge is -2.16. The summed E-state index contributed by atoms with van der Waals surface area (Å²) in [6.45, 7) is 7.39. The third-order valence-electron chi connectivity index (χ3n) is 2.45. The minimum absolute atomic E-state index is 0.278. The molecule has 0 aliphatic rings. The van der Waals surface area contributed by atoms with Crippen molar-refractivity contribution in [2.45, 2.75) is 58.0 Å². The predicted octanol–water partition coefficient (Wildman–Crippen LogP) is 2.57. The number of unbranched alkanes of at least 4 members (excludes halogenated alkanes) is 3. The van der Waals surface area contributed by atoms with Gasteiger partial charge in [-0.2, -0.15) is 0 Å². The van der Waals surface area contributed by atoms with Gasteiger partial charge in [0.1, 0.15) is 6.04 Å². The summed E-state index contributed by atoms with van der Waals surface area (Å²) in [7, 11) is 0. The molecule has 0 aromatic heterocycles. The summed E-state index contributed by atoms with van der Waals surface area (Å²) in [6, 6.07) is -0.173. The SMILES string of the molecule is C=CCCCCCC(C)N[C@@H](C)C(=O)O. The zero-order valence-electron chi connectivity index (χ0n) is 9.83. The number of carboxylic acid groups (broad SMARTS) is 1. The van der Waals surface area contributed by atoms with Crippen LogP contribution in [0.1, 0.15) is 46.0 Å². The molecule has 15 heavy (non-hydrogen) atoms. The van der Waals surface area contributed by atoms with Gasteiger partial charge in [0.15, 0.2) is 0 Å². The van der Waals surface area contributed by atoms with Crippen LogP contribution in [0.15, 0.2) is 12.7 Å². The maximum atomic E-state index is 10.6. The monoisotopic (exact) mass is 213 g/mol. The molecule has 1 unspecified atom stereocenters. The fourth-order valence-electron chi connectivity index (χ4n) is 1.50. The third-order valence-corrected chi connectivity index (χ3v) is 2.45. The first-order valence-electron chi connectivity index (χ1n) is 5.67. The predicted molar refractivity (Wildman–Crippen MR) is 63.0 cm³/mol. The van der Waals surface area contributed by atoms with Crippen LogP contribution in [0.25, 0.3) is 0 Å². The Labute approximate surface area is 92.6 Å². The normalized spacial score (nSPS) is 14.5. The van der Waals surface area contributed by atoms with E-state index in [0.717, 1.165) is 19.3 Å². The number of nitrogens with one attached hydrogen (secondary N) is 1. The highest BCUT2D eigenvalue weighted by Crippen LogP contribution is 2.06. The van der Waals surface area contributed by atoms with Gasteiger partial charge in [0.25, 0.3) is 0 Å². The summed E-state index contributed by atoms with van der Waals surface area (Å²) in [5.74, 6) is -0.784. The number of hydrogen-bond acceptors (Lipinski definition) is 2. The molecule has 0 saturated carbocycles. The molecule has 88 valence electrons. The first kappa shape index (κ1) is 14.2. The summed E-state index contributed by atoms with van der Waals surface area (Å²) in [5.41, 5.74) is 0. The van der Waals surface area contributed by atoms with Gasteiger partial charge in [-0.05, 0) is 33.1 Å².